The highest BCUT2D eigenvalue weighted by atomic mass is 32.2. The van der Waals surface area contributed by atoms with Crippen molar-refractivity contribution in [2.45, 2.75) is 6.54 Å². The molecule has 0 radical (unpaired) electrons. The number of nitrogens with two attached hydrogens (primary N) is 1. The van der Waals surface area contributed by atoms with E-state index in [2.05, 4.69) is 0 Å². The fourth-order valence-electron chi connectivity index (χ4n) is 1.65. The molecule has 1 heterocycles. The molecule has 1 aromatic rings. The number of phenolic OH excluding ortho intramolecular Hbond substituents is 1. The van der Waals surface area contributed by atoms with E-state index in [1.165, 1.54) is 0 Å². The Bertz CT molecular complexity index is 593. The minimum Gasteiger partial charge on any atom is -0.506 e. The van der Waals surface area contributed by atoms with Crippen molar-refractivity contribution < 1.29 is 22.7 Å². The lowest BCUT2D eigenvalue weighted by molar-refractivity contribution is -0.117. The van der Waals surface area contributed by atoms with E-state index in [1.54, 1.807) is 4.72 Å². The van der Waals surface area contributed by atoms with E-state index in [0.717, 1.165) is 12.1 Å². The predicted octanol–water partition coefficient (Wildman–Crippen LogP) is -0.829. The zero-order chi connectivity index (χ0) is 13.5. The number of anilines is 1. The zero-order valence-corrected chi connectivity index (χ0v) is 9.87. The average Bonchev–Trinajstić information content (AvgIpc) is 2.51. The Morgan fingerprint density at radius 1 is 1.50 bits per heavy atom. The molecular formula is C9H10FN3O4S. The van der Waals surface area contributed by atoms with Gasteiger partial charge >= 0.3 is 10.2 Å². The van der Waals surface area contributed by atoms with E-state index >= 15 is 0 Å². The summed E-state index contributed by atoms with van der Waals surface area (Å²) in [5.41, 5.74) is 5.04. The third-order valence-corrected chi connectivity index (χ3v) is 3.79. The minimum absolute atomic E-state index is 0.00527. The number of rotatable bonds is 2. The normalized spacial score (nSPS) is 17.9. The van der Waals surface area contributed by atoms with Crippen molar-refractivity contribution in [3.63, 3.8) is 0 Å². The number of nitrogens with zero attached hydrogens (tertiary/aromatic N) is 1. The highest BCUT2D eigenvalue weighted by molar-refractivity contribution is 7.92. The van der Waals surface area contributed by atoms with Crippen LogP contribution >= 0.6 is 0 Å². The van der Waals surface area contributed by atoms with E-state index in [-0.39, 0.29) is 6.54 Å². The topological polar surface area (TPSA) is 113 Å². The molecule has 1 fully saturated rings. The summed E-state index contributed by atoms with van der Waals surface area (Å²) >= 11 is 0. The summed E-state index contributed by atoms with van der Waals surface area (Å²) < 4.78 is 39.0. The predicted molar refractivity (Wildman–Crippen MR) is 60.4 cm³/mol. The van der Waals surface area contributed by atoms with Crippen molar-refractivity contribution >= 4 is 21.8 Å². The van der Waals surface area contributed by atoms with Crippen LogP contribution in [0, 0.1) is 5.82 Å². The van der Waals surface area contributed by atoms with Gasteiger partial charge in [-0.1, -0.05) is 0 Å². The quantitative estimate of drug-likeness (QED) is 0.652. The van der Waals surface area contributed by atoms with Gasteiger partial charge in [0.15, 0.2) is 5.82 Å². The number of nitrogens with one attached hydrogen (secondary N) is 1. The maximum Gasteiger partial charge on any atom is 0.326 e. The third-order valence-electron chi connectivity index (χ3n) is 2.41. The van der Waals surface area contributed by atoms with Gasteiger partial charge < -0.3 is 10.8 Å². The van der Waals surface area contributed by atoms with Crippen molar-refractivity contribution in [3.8, 4) is 5.75 Å². The van der Waals surface area contributed by atoms with E-state index in [9.17, 15) is 22.7 Å². The highest BCUT2D eigenvalue weighted by Crippen LogP contribution is 2.34. The minimum atomic E-state index is -4.15. The van der Waals surface area contributed by atoms with Gasteiger partial charge in [0, 0.05) is 6.54 Å². The lowest BCUT2D eigenvalue weighted by Gasteiger charge is -2.17. The molecule has 0 spiro atoms. The fourth-order valence-corrected chi connectivity index (χ4v) is 2.82. The van der Waals surface area contributed by atoms with Gasteiger partial charge in [-0.15, -0.1) is 0 Å². The highest BCUT2D eigenvalue weighted by Gasteiger charge is 2.37. The number of carbonyl (C=O) groups is 1. The number of hydrogen-bond donors (Lipinski definition) is 3. The van der Waals surface area contributed by atoms with Crippen molar-refractivity contribution in [2.75, 3.05) is 10.8 Å². The number of carbonyl (C=O) groups excluding carboxylic acids is 1. The van der Waals surface area contributed by atoms with Gasteiger partial charge in [-0.3, -0.25) is 4.79 Å². The maximum atomic E-state index is 13.8. The first-order chi connectivity index (χ1) is 8.35. The molecule has 9 heteroatoms. The van der Waals surface area contributed by atoms with Gasteiger partial charge in [0.05, 0.1) is 0 Å². The monoisotopic (exact) mass is 275 g/mol. The van der Waals surface area contributed by atoms with Crippen LogP contribution in [0.4, 0.5) is 10.1 Å². The molecule has 1 saturated heterocycles. The van der Waals surface area contributed by atoms with E-state index < -0.39 is 39.9 Å². The van der Waals surface area contributed by atoms with Gasteiger partial charge in [0.1, 0.15) is 18.0 Å². The molecule has 0 saturated carbocycles. The summed E-state index contributed by atoms with van der Waals surface area (Å²) in [5.74, 6) is -2.34. The first-order valence-corrected chi connectivity index (χ1v) is 6.34. The summed E-state index contributed by atoms with van der Waals surface area (Å²) in [6.45, 7) is -0.580. The van der Waals surface area contributed by atoms with Gasteiger partial charge in [0.2, 0.25) is 0 Å². The number of benzene rings is 1. The van der Waals surface area contributed by atoms with Crippen LogP contribution in [0.3, 0.4) is 0 Å². The average molecular weight is 275 g/mol. The molecular weight excluding hydrogens is 265 g/mol. The Kier molecular flexibility index (Phi) is 2.87. The molecule has 1 aromatic carbocycles. The molecule has 0 unspecified atom stereocenters. The second-order valence-corrected chi connectivity index (χ2v) is 5.28. The van der Waals surface area contributed by atoms with Crippen LogP contribution in [-0.4, -0.2) is 26.0 Å². The second kappa shape index (κ2) is 4.10. The van der Waals surface area contributed by atoms with Crippen molar-refractivity contribution in [1.82, 2.24) is 4.72 Å². The largest absolute Gasteiger partial charge is 0.506 e. The fraction of sp³-hybridized carbons (Fsp3) is 0.222. The zero-order valence-electron chi connectivity index (χ0n) is 9.05. The Morgan fingerprint density at radius 3 is 2.61 bits per heavy atom. The molecule has 1 aliphatic rings. The van der Waals surface area contributed by atoms with E-state index in [4.69, 9.17) is 5.73 Å². The lowest BCUT2D eigenvalue weighted by atomic mass is 10.1. The van der Waals surface area contributed by atoms with Gasteiger partial charge in [-0.2, -0.15) is 8.42 Å². The summed E-state index contributed by atoms with van der Waals surface area (Å²) in [6, 6.07) is 2.16. The molecule has 7 nitrogen and oxygen atoms in total. The van der Waals surface area contributed by atoms with Gasteiger partial charge in [-0.25, -0.2) is 13.4 Å². The van der Waals surface area contributed by atoms with Crippen LogP contribution in [0.5, 0.6) is 5.75 Å². The smallest absolute Gasteiger partial charge is 0.326 e. The standard InChI is InChI=1S/C9H10FN3O4S/c10-6-1-5(3-11)2-7(14)9(6)13-4-8(15)12-18(13,16)17/h1-2,14H,3-4,11H2,(H,12,15). The van der Waals surface area contributed by atoms with Crippen LogP contribution in [0.15, 0.2) is 12.1 Å². The molecule has 0 atom stereocenters. The van der Waals surface area contributed by atoms with E-state index in [1.807, 2.05) is 0 Å². The summed E-state index contributed by atoms with van der Waals surface area (Å²) in [4.78, 5) is 11.0. The van der Waals surface area contributed by atoms with Crippen LogP contribution in [0.1, 0.15) is 5.56 Å². The maximum absolute atomic E-state index is 13.8. The second-order valence-electron chi connectivity index (χ2n) is 3.69. The molecule has 1 amide bonds. The van der Waals surface area contributed by atoms with Crippen LogP contribution in [-0.2, 0) is 21.5 Å². The van der Waals surface area contributed by atoms with Crippen molar-refractivity contribution in [3.05, 3.63) is 23.5 Å². The number of phenols is 1. The first-order valence-electron chi connectivity index (χ1n) is 4.90. The number of halogens is 1. The summed E-state index contributed by atoms with van der Waals surface area (Å²) in [6.07, 6.45) is 0. The Labute approximate surface area is 102 Å². The van der Waals surface area contributed by atoms with Crippen LogP contribution in [0.2, 0.25) is 0 Å². The third kappa shape index (κ3) is 1.97. The molecule has 0 aliphatic carbocycles. The summed E-state index contributed by atoms with van der Waals surface area (Å²) in [5, 5.41) is 9.64. The molecule has 98 valence electrons. The molecule has 18 heavy (non-hydrogen) atoms. The van der Waals surface area contributed by atoms with Gasteiger partial charge in [0.25, 0.3) is 5.91 Å². The van der Waals surface area contributed by atoms with E-state index in [0.29, 0.717) is 9.87 Å². The SMILES string of the molecule is NCc1cc(O)c(N2CC(=O)NS2(=O)=O)c(F)c1. The first kappa shape index (κ1) is 12.6. The van der Waals surface area contributed by atoms with Crippen LogP contribution in [0.25, 0.3) is 0 Å². The Morgan fingerprint density at radius 2 is 2.17 bits per heavy atom. The molecule has 0 bridgehead atoms. The van der Waals surface area contributed by atoms with Crippen LogP contribution < -0.4 is 14.8 Å². The molecule has 2 rings (SSSR count). The molecule has 1 aliphatic heterocycles. The van der Waals surface area contributed by atoms with Crippen molar-refractivity contribution in [1.29, 1.82) is 0 Å². The van der Waals surface area contributed by atoms with Crippen molar-refractivity contribution in [2.24, 2.45) is 5.73 Å². The number of hydrogen-bond acceptors (Lipinski definition) is 5. The number of aromatic hydroxyl groups is 1. The Hall–Kier alpha value is -1.87. The summed E-state index contributed by atoms with van der Waals surface area (Å²) in [7, 11) is -4.15. The molecule has 4 N–H and O–H groups in total. The Balaban J connectivity index is 2.56. The lowest BCUT2D eigenvalue weighted by Crippen LogP contribution is -2.30. The molecule has 0 aromatic heterocycles. The number of amides is 1. The van der Waals surface area contributed by atoms with Gasteiger partial charge in [-0.05, 0) is 17.7 Å².